The van der Waals surface area contributed by atoms with Crippen molar-refractivity contribution in [1.29, 1.82) is 0 Å². The van der Waals surface area contributed by atoms with Gasteiger partial charge in [0.1, 0.15) is 5.82 Å². The molecule has 1 amide bonds. The van der Waals surface area contributed by atoms with Gasteiger partial charge in [0.15, 0.2) is 5.82 Å². The van der Waals surface area contributed by atoms with Crippen LogP contribution in [0.2, 0.25) is 0 Å². The Kier molecular flexibility index (Phi) is 6.12. The fourth-order valence-corrected chi connectivity index (χ4v) is 3.22. The average Bonchev–Trinajstić information content (AvgIpc) is 2.72. The molecule has 0 atom stereocenters. The molecule has 0 unspecified atom stereocenters. The van der Waals surface area contributed by atoms with Crippen LogP contribution in [0.4, 0.5) is 5.82 Å². The SMILES string of the molecule is CNc1cc(CNC(=O)C2CCC(OC)CC2)nc(-c2cccnc2)n1. The zero-order valence-electron chi connectivity index (χ0n) is 15.2. The maximum absolute atomic E-state index is 12.5. The van der Waals surface area contributed by atoms with Gasteiger partial charge in [-0.3, -0.25) is 9.78 Å². The second-order valence-corrected chi connectivity index (χ2v) is 6.49. The van der Waals surface area contributed by atoms with Crippen LogP contribution in [0.1, 0.15) is 31.4 Å². The molecular weight excluding hydrogens is 330 g/mol. The number of ether oxygens (including phenoxy) is 1. The second kappa shape index (κ2) is 8.71. The number of anilines is 1. The maximum atomic E-state index is 12.5. The predicted molar refractivity (Wildman–Crippen MR) is 99.4 cm³/mol. The Morgan fingerprint density at radius 3 is 2.73 bits per heavy atom. The van der Waals surface area contributed by atoms with Gasteiger partial charge in [-0.1, -0.05) is 0 Å². The van der Waals surface area contributed by atoms with Crippen LogP contribution in [0.25, 0.3) is 11.4 Å². The highest BCUT2D eigenvalue weighted by atomic mass is 16.5. The Morgan fingerprint density at radius 2 is 2.08 bits per heavy atom. The van der Waals surface area contributed by atoms with Gasteiger partial charge < -0.3 is 15.4 Å². The number of carbonyl (C=O) groups excluding carboxylic acids is 1. The fourth-order valence-electron chi connectivity index (χ4n) is 3.22. The summed E-state index contributed by atoms with van der Waals surface area (Å²) in [6, 6.07) is 5.61. The monoisotopic (exact) mass is 355 g/mol. The topological polar surface area (TPSA) is 89.0 Å². The molecule has 0 saturated heterocycles. The van der Waals surface area contributed by atoms with Gasteiger partial charge in [-0.2, -0.15) is 0 Å². The quantitative estimate of drug-likeness (QED) is 0.827. The standard InChI is InChI=1S/C19H25N5O2/c1-20-17-10-15(23-18(24-17)14-4-3-9-21-11-14)12-22-19(25)13-5-7-16(26-2)8-6-13/h3-4,9-11,13,16H,5-8,12H2,1-2H3,(H,22,25)(H,20,23,24). The molecule has 2 heterocycles. The third-order valence-corrected chi connectivity index (χ3v) is 4.78. The minimum atomic E-state index is 0.0600. The third kappa shape index (κ3) is 4.54. The lowest BCUT2D eigenvalue weighted by molar-refractivity contribution is -0.126. The Bertz CT molecular complexity index is 730. The van der Waals surface area contributed by atoms with Crippen molar-refractivity contribution < 1.29 is 9.53 Å². The fraction of sp³-hybridized carbons (Fsp3) is 0.474. The van der Waals surface area contributed by atoms with E-state index in [4.69, 9.17) is 4.74 Å². The molecule has 2 aromatic heterocycles. The van der Waals surface area contributed by atoms with E-state index in [1.807, 2.05) is 25.2 Å². The van der Waals surface area contributed by atoms with Crippen LogP contribution in [0.15, 0.2) is 30.6 Å². The van der Waals surface area contributed by atoms with E-state index >= 15 is 0 Å². The summed E-state index contributed by atoms with van der Waals surface area (Å²) in [6.07, 6.45) is 7.36. The summed E-state index contributed by atoms with van der Waals surface area (Å²) in [5, 5.41) is 6.06. The first kappa shape index (κ1) is 18.3. The second-order valence-electron chi connectivity index (χ2n) is 6.49. The molecule has 0 aromatic carbocycles. The van der Waals surface area contributed by atoms with Crippen molar-refractivity contribution in [2.45, 2.75) is 38.3 Å². The van der Waals surface area contributed by atoms with E-state index in [2.05, 4.69) is 25.6 Å². The predicted octanol–water partition coefficient (Wildman–Crippen LogP) is 2.40. The summed E-state index contributed by atoms with van der Waals surface area (Å²) in [5.41, 5.74) is 1.61. The summed E-state index contributed by atoms with van der Waals surface area (Å²) >= 11 is 0. The minimum Gasteiger partial charge on any atom is -0.381 e. The summed E-state index contributed by atoms with van der Waals surface area (Å²) < 4.78 is 5.37. The molecule has 1 fully saturated rings. The molecule has 7 heteroatoms. The highest BCUT2D eigenvalue weighted by Gasteiger charge is 2.26. The number of aromatic nitrogens is 3. The lowest BCUT2D eigenvalue weighted by atomic mass is 9.87. The molecule has 0 bridgehead atoms. The van der Waals surface area contributed by atoms with Crippen LogP contribution in [0, 0.1) is 5.92 Å². The summed E-state index contributed by atoms with van der Waals surface area (Å²) in [5.74, 6) is 1.45. The first-order valence-corrected chi connectivity index (χ1v) is 8.96. The molecule has 0 spiro atoms. The number of carbonyl (C=O) groups is 1. The van der Waals surface area contributed by atoms with E-state index < -0.39 is 0 Å². The number of amides is 1. The molecule has 26 heavy (non-hydrogen) atoms. The van der Waals surface area contributed by atoms with E-state index in [9.17, 15) is 4.79 Å². The molecule has 2 aromatic rings. The third-order valence-electron chi connectivity index (χ3n) is 4.78. The molecule has 1 aliphatic rings. The molecule has 0 radical (unpaired) electrons. The molecule has 7 nitrogen and oxygen atoms in total. The molecule has 3 rings (SSSR count). The minimum absolute atomic E-state index is 0.0600. The van der Waals surface area contributed by atoms with Gasteiger partial charge in [0.05, 0.1) is 18.3 Å². The van der Waals surface area contributed by atoms with Crippen molar-refractivity contribution in [2.24, 2.45) is 5.92 Å². The number of nitrogens with one attached hydrogen (secondary N) is 2. The molecule has 138 valence electrons. The number of pyridine rings is 1. The van der Waals surface area contributed by atoms with Crippen molar-refractivity contribution in [1.82, 2.24) is 20.3 Å². The van der Waals surface area contributed by atoms with Gasteiger partial charge in [0.25, 0.3) is 0 Å². The Morgan fingerprint density at radius 1 is 1.27 bits per heavy atom. The van der Waals surface area contributed by atoms with E-state index in [0.717, 1.165) is 36.9 Å². The van der Waals surface area contributed by atoms with Crippen molar-refractivity contribution in [2.75, 3.05) is 19.5 Å². The number of hydrogen-bond acceptors (Lipinski definition) is 6. The molecule has 1 saturated carbocycles. The van der Waals surface area contributed by atoms with Gasteiger partial charge in [0, 0.05) is 44.1 Å². The van der Waals surface area contributed by atoms with E-state index in [1.54, 1.807) is 19.5 Å². The maximum Gasteiger partial charge on any atom is 0.223 e. The van der Waals surface area contributed by atoms with Crippen LogP contribution >= 0.6 is 0 Å². The van der Waals surface area contributed by atoms with E-state index in [-0.39, 0.29) is 11.8 Å². The average molecular weight is 355 g/mol. The van der Waals surface area contributed by atoms with Crippen LogP contribution in [0.3, 0.4) is 0 Å². The Balaban J connectivity index is 1.65. The normalized spacial score (nSPS) is 19.8. The lowest BCUT2D eigenvalue weighted by Crippen LogP contribution is -2.34. The highest BCUT2D eigenvalue weighted by molar-refractivity contribution is 5.78. The van der Waals surface area contributed by atoms with Gasteiger partial charge in [-0.15, -0.1) is 0 Å². The largest absolute Gasteiger partial charge is 0.381 e. The zero-order chi connectivity index (χ0) is 18.4. The van der Waals surface area contributed by atoms with Crippen LogP contribution in [-0.2, 0) is 16.1 Å². The first-order valence-electron chi connectivity index (χ1n) is 8.96. The van der Waals surface area contributed by atoms with Gasteiger partial charge in [-0.05, 0) is 37.8 Å². The smallest absolute Gasteiger partial charge is 0.223 e. The lowest BCUT2D eigenvalue weighted by Gasteiger charge is -2.26. The molecule has 2 N–H and O–H groups in total. The number of methoxy groups -OCH3 is 1. The number of rotatable bonds is 6. The van der Waals surface area contributed by atoms with Crippen LogP contribution in [0.5, 0.6) is 0 Å². The Labute approximate surface area is 153 Å². The molecule has 1 aliphatic carbocycles. The zero-order valence-corrected chi connectivity index (χ0v) is 15.2. The van der Waals surface area contributed by atoms with Crippen molar-refractivity contribution in [3.8, 4) is 11.4 Å². The highest BCUT2D eigenvalue weighted by Crippen LogP contribution is 2.26. The van der Waals surface area contributed by atoms with E-state index in [0.29, 0.717) is 24.3 Å². The summed E-state index contributed by atoms with van der Waals surface area (Å²) in [6.45, 7) is 0.382. The van der Waals surface area contributed by atoms with Crippen LogP contribution in [-0.4, -0.2) is 41.1 Å². The Hall–Kier alpha value is -2.54. The van der Waals surface area contributed by atoms with Crippen molar-refractivity contribution >= 4 is 11.7 Å². The van der Waals surface area contributed by atoms with Gasteiger partial charge in [0.2, 0.25) is 5.91 Å². The van der Waals surface area contributed by atoms with E-state index in [1.165, 1.54) is 0 Å². The number of hydrogen-bond donors (Lipinski definition) is 2. The summed E-state index contributed by atoms with van der Waals surface area (Å²) in [4.78, 5) is 25.6. The van der Waals surface area contributed by atoms with Crippen molar-refractivity contribution in [3.05, 3.63) is 36.3 Å². The van der Waals surface area contributed by atoms with Crippen LogP contribution < -0.4 is 10.6 Å². The molecular formula is C19H25N5O2. The van der Waals surface area contributed by atoms with Gasteiger partial charge >= 0.3 is 0 Å². The van der Waals surface area contributed by atoms with Crippen molar-refractivity contribution in [3.63, 3.8) is 0 Å². The first-order chi connectivity index (χ1) is 12.7. The molecule has 0 aliphatic heterocycles. The number of nitrogens with zero attached hydrogens (tertiary/aromatic N) is 3. The summed E-state index contributed by atoms with van der Waals surface area (Å²) in [7, 11) is 3.55. The van der Waals surface area contributed by atoms with Gasteiger partial charge in [-0.25, -0.2) is 9.97 Å².